The van der Waals surface area contributed by atoms with Crippen LogP contribution in [0.2, 0.25) is 0 Å². The molecule has 1 amide bonds. The Morgan fingerprint density at radius 2 is 1.97 bits per heavy atom. The van der Waals surface area contributed by atoms with E-state index in [0.29, 0.717) is 24.2 Å². The van der Waals surface area contributed by atoms with Gasteiger partial charge in [-0.3, -0.25) is 14.7 Å². The number of aryl methyl sites for hydroxylation is 1. The van der Waals surface area contributed by atoms with Gasteiger partial charge in [0.2, 0.25) is 0 Å². The van der Waals surface area contributed by atoms with E-state index in [-0.39, 0.29) is 17.9 Å². The summed E-state index contributed by atoms with van der Waals surface area (Å²) in [5.74, 6) is 0.0190. The van der Waals surface area contributed by atoms with Gasteiger partial charge in [-0.1, -0.05) is 18.2 Å². The molecule has 1 atom stereocenters. The summed E-state index contributed by atoms with van der Waals surface area (Å²) in [7, 11) is 0. The first kappa shape index (κ1) is 23.7. The molecule has 2 aliphatic rings. The molecule has 3 heterocycles. The van der Waals surface area contributed by atoms with E-state index in [1.807, 2.05) is 19.1 Å². The molecule has 0 saturated carbocycles. The van der Waals surface area contributed by atoms with Crippen molar-refractivity contribution < 1.29 is 22.7 Å². The Bertz CT molecular complexity index is 966. The second kappa shape index (κ2) is 10.2. The first-order valence-electron chi connectivity index (χ1n) is 11.6. The Balaban J connectivity index is 1.38. The molecule has 5 nitrogen and oxygen atoms in total. The molecule has 1 N–H and O–H groups in total. The smallest absolute Gasteiger partial charge is 0.376 e. The predicted molar refractivity (Wildman–Crippen MR) is 119 cm³/mol. The molecule has 178 valence electrons. The topological polar surface area (TPSA) is 54.5 Å². The average molecular weight is 462 g/mol. The van der Waals surface area contributed by atoms with Crippen molar-refractivity contribution in [2.24, 2.45) is 0 Å². The first-order chi connectivity index (χ1) is 15.8. The number of ether oxygens (including phenoxy) is 1. The number of nitrogens with one attached hydrogen (secondary N) is 1. The summed E-state index contributed by atoms with van der Waals surface area (Å²) in [6, 6.07) is 9.23. The SMILES string of the molecule is Cc1ccc(C(=O)NCC2CCCO2)c(C2CCN(Cc3cccc(C(F)(F)F)c3)CC2)n1. The van der Waals surface area contributed by atoms with Crippen LogP contribution in [0.15, 0.2) is 36.4 Å². The lowest BCUT2D eigenvalue weighted by molar-refractivity contribution is -0.137. The molecule has 2 aliphatic heterocycles. The summed E-state index contributed by atoms with van der Waals surface area (Å²) >= 11 is 0. The van der Waals surface area contributed by atoms with Crippen LogP contribution in [0.3, 0.4) is 0 Å². The van der Waals surface area contributed by atoms with E-state index in [1.165, 1.54) is 12.1 Å². The van der Waals surface area contributed by atoms with Gasteiger partial charge in [-0.05, 0) is 69.5 Å². The number of aromatic nitrogens is 1. The highest BCUT2D eigenvalue weighted by atomic mass is 19.4. The number of pyridine rings is 1. The van der Waals surface area contributed by atoms with Crippen LogP contribution < -0.4 is 5.32 Å². The molecule has 8 heteroatoms. The van der Waals surface area contributed by atoms with E-state index in [1.54, 1.807) is 6.07 Å². The zero-order valence-corrected chi connectivity index (χ0v) is 18.8. The molecule has 1 aromatic carbocycles. The van der Waals surface area contributed by atoms with Gasteiger partial charge in [0, 0.05) is 31.3 Å². The van der Waals surface area contributed by atoms with Crippen LogP contribution in [-0.4, -0.2) is 48.1 Å². The Kier molecular flexibility index (Phi) is 7.34. The predicted octanol–water partition coefficient (Wildman–Crippen LogP) is 4.70. The number of carbonyl (C=O) groups is 1. The molecule has 2 saturated heterocycles. The lowest BCUT2D eigenvalue weighted by Gasteiger charge is -2.32. The Morgan fingerprint density at radius 1 is 1.18 bits per heavy atom. The third-order valence-electron chi connectivity index (χ3n) is 6.46. The van der Waals surface area contributed by atoms with Crippen LogP contribution >= 0.6 is 0 Å². The van der Waals surface area contributed by atoms with Crippen molar-refractivity contribution in [3.63, 3.8) is 0 Å². The Hall–Kier alpha value is -2.45. The normalized spacial score (nSPS) is 20.2. The second-order valence-corrected chi connectivity index (χ2v) is 8.98. The van der Waals surface area contributed by atoms with Gasteiger partial charge in [-0.2, -0.15) is 13.2 Å². The van der Waals surface area contributed by atoms with E-state index in [4.69, 9.17) is 9.72 Å². The van der Waals surface area contributed by atoms with Crippen molar-refractivity contribution in [1.82, 2.24) is 15.2 Å². The summed E-state index contributed by atoms with van der Waals surface area (Å²) in [5, 5.41) is 2.99. The first-order valence-corrected chi connectivity index (χ1v) is 11.6. The molecule has 0 radical (unpaired) electrons. The number of halogens is 3. The molecule has 1 unspecified atom stereocenters. The zero-order chi connectivity index (χ0) is 23.4. The summed E-state index contributed by atoms with van der Waals surface area (Å²) in [5.41, 5.74) is 2.34. The minimum Gasteiger partial charge on any atom is -0.376 e. The molecule has 33 heavy (non-hydrogen) atoms. The third-order valence-corrected chi connectivity index (χ3v) is 6.46. The van der Waals surface area contributed by atoms with Crippen molar-refractivity contribution in [2.45, 2.75) is 57.3 Å². The monoisotopic (exact) mass is 461 g/mol. The number of piperidine rings is 1. The third kappa shape index (κ3) is 6.12. The number of alkyl halides is 3. The number of nitrogens with zero attached hydrogens (tertiary/aromatic N) is 2. The van der Waals surface area contributed by atoms with Crippen LogP contribution in [0, 0.1) is 6.92 Å². The lowest BCUT2D eigenvalue weighted by atomic mass is 9.89. The number of hydrogen-bond acceptors (Lipinski definition) is 4. The molecule has 0 bridgehead atoms. The maximum atomic E-state index is 13.0. The Morgan fingerprint density at radius 3 is 2.67 bits per heavy atom. The summed E-state index contributed by atoms with van der Waals surface area (Å²) < 4.78 is 44.6. The van der Waals surface area contributed by atoms with Crippen molar-refractivity contribution in [1.29, 1.82) is 0 Å². The van der Waals surface area contributed by atoms with Crippen LogP contribution in [0.25, 0.3) is 0 Å². The molecule has 2 aromatic rings. The van der Waals surface area contributed by atoms with Crippen LogP contribution in [0.5, 0.6) is 0 Å². The largest absolute Gasteiger partial charge is 0.416 e. The molecule has 2 fully saturated rings. The number of amides is 1. The fraction of sp³-hybridized carbons (Fsp3) is 0.520. The highest BCUT2D eigenvalue weighted by molar-refractivity contribution is 5.95. The van der Waals surface area contributed by atoms with E-state index >= 15 is 0 Å². The van der Waals surface area contributed by atoms with E-state index < -0.39 is 11.7 Å². The van der Waals surface area contributed by atoms with Gasteiger partial charge in [0.05, 0.1) is 22.9 Å². The minimum absolute atomic E-state index is 0.0786. The molecule has 1 aromatic heterocycles. The number of benzene rings is 1. The summed E-state index contributed by atoms with van der Waals surface area (Å²) in [6.45, 7) is 5.13. The van der Waals surface area contributed by atoms with Crippen molar-refractivity contribution >= 4 is 5.91 Å². The van der Waals surface area contributed by atoms with E-state index in [0.717, 1.165) is 62.8 Å². The maximum absolute atomic E-state index is 13.0. The molecular formula is C25H30F3N3O2. The van der Waals surface area contributed by atoms with Crippen LogP contribution in [0.4, 0.5) is 13.2 Å². The second-order valence-electron chi connectivity index (χ2n) is 8.98. The number of carbonyl (C=O) groups excluding carboxylic acids is 1. The minimum atomic E-state index is -4.33. The van der Waals surface area contributed by atoms with Gasteiger partial charge in [0.25, 0.3) is 5.91 Å². The van der Waals surface area contributed by atoms with E-state index in [9.17, 15) is 18.0 Å². The van der Waals surface area contributed by atoms with Gasteiger partial charge in [-0.25, -0.2) is 0 Å². The Labute approximate surface area is 192 Å². The summed E-state index contributed by atoms with van der Waals surface area (Å²) in [4.78, 5) is 19.8. The zero-order valence-electron chi connectivity index (χ0n) is 18.8. The number of rotatable bonds is 6. The fourth-order valence-electron chi connectivity index (χ4n) is 4.66. The van der Waals surface area contributed by atoms with Crippen molar-refractivity contribution in [2.75, 3.05) is 26.2 Å². The molecular weight excluding hydrogens is 431 g/mol. The van der Waals surface area contributed by atoms with Crippen LogP contribution in [-0.2, 0) is 17.5 Å². The van der Waals surface area contributed by atoms with Gasteiger partial charge >= 0.3 is 6.18 Å². The quantitative estimate of drug-likeness (QED) is 0.678. The average Bonchev–Trinajstić information content (AvgIpc) is 3.31. The molecule has 4 rings (SSSR count). The lowest BCUT2D eigenvalue weighted by Crippen LogP contribution is -2.35. The highest BCUT2D eigenvalue weighted by Crippen LogP contribution is 2.32. The number of likely N-dealkylation sites (tertiary alicyclic amines) is 1. The van der Waals surface area contributed by atoms with Crippen LogP contribution in [0.1, 0.15) is 64.5 Å². The van der Waals surface area contributed by atoms with Gasteiger partial charge in [-0.15, -0.1) is 0 Å². The standard InChI is InChI=1S/C25H30F3N3O2/c1-17-7-8-22(24(32)29-15-21-6-3-13-33-21)23(30-17)19-9-11-31(12-10-19)16-18-4-2-5-20(14-18)25(26,27)28/h2,4-5,7-8,14,19,21H,3,6,9-13,15-16H2,1H3,(H,29,32). The van der Waals surface area contributed by atoms with E-state index in [2.05, 4.69) is 10.2 Å². The van der Waals surface area contributed by atoms with Gasteiger partial charge < -0.3 is 10.1 Å². The van der Waals surface area contributed by atoms with Crippen molar-refractivity contribution in [3.8, 4) is 0 Å². The molecule has 0 aliphatic carbocycles. The number of hydrogen-bond donors (Lipinski definition) is 1. The van der Waals surface area contributed by atoms with Gasteiger partial charge in [0.1, 0.15) is 0 Å². The molecule has 0 spiro atoms. The van der Waals surface area contributed by atoms with Gasteiger partial charge in [0.15, 0.2) is 0 Å². The summed E-state index contributed by atoms with van der Waals surface area (Å²) in [6.07, 6.45) is -0.653. The highest BCUT2D eigenvalue weighted by Gasteiger charge is 2.31. The van der Waals surface area contributed by atoms with Crippen molar-refractivity contribution in [3.05, 3.63) is 64.5 Å². The maximum Gasteiger partial charge on any atom is 0.416 e. The fourth-order valence-corrected chi connectivity index (χ4v) is 4.66.